The third-order valence-corrected chi connectivity index (χ3v) is 6.75. The Hall–Kier alpha value is -3.00. The fourth-order valence-corrected chi connectivity index (χ4v) is 4.48. The Morgan fingerprint density at radius 1 is 0.949 bits per heavy atom. The van der Waals surface area contributed by atoms with Gasteiger partial charge in [-0.15, -0.1) is 0 Å². The van der Waals surface area contributed by atoms with Crippen LogP contribution in [0.3, 0.4) is 0 Å². The molecule has 3 atom stereocenters. The number of rotatable bonds is 11. The summed E-state index contributed by atoms with van der Waals surface area (Å²) in [5, 5.41) is 5.72. The van der Waals surface area contributed by atoms with Gasteiger partial charge in [0.2, 0.25) is 5.91 Å². The van der Waals surface area contributed by atoms with Crippen molar-refractivity contribution in [1.29, 1.82) is 0 Å². The van der Waals surface area contributed by atoms with E-state index in [1.54, 1.807) is 25.7 Å². The van der Waals surface area contributed by atoms with Gasteiger partial charge in [0.15, 0.2) is 0 Å². The molecule has 0 aliphatic heterocycles. The summed E-state index contributed by atoms with van der Waals surface area (Å²) in [7, 11) is 0. The monoisotopic (exact) mass is 555 g/mol. The Morgan fingerprint density at radius 3 is 2.10 bits per heavy atom. The van der Waals surface area contributed by atoms with Gasteiger partial charge in [0.1, 0.15) is 17.7 Å². The summed E-state index contributed by atoms with van der Waals surface area (Å²) in [6.45, 7) is 15.4. The molecule has 2 aromatic carbocycles. The Balaban J connectivity index is 2.56. The number of hydrogen-bond acceptors (Lipinski definition) is 5. The van der Waals surface area contributed by atoms with Gasteiger partial charge in [0, 0.05) is 17.5 Å². The molecular formula is C31H45N3O4S. The van der Waals surface area contributed by atoms with Crippen molar-refractivity contribution < 1.29 is 19.1 Å². The lowest BCUT2D eigenvalue weighted by Gasteiger charge is -2.38. The lowest BCUT2D eigenvalue weighted by molar-refractivity contribution is -0.143. The van der Waals surface area contributed by atoms with E-state index in [0.717, 1.165) is 17.5 Å². The van der Waals surface area contributed by atoms with Crippen molar-refractivity contribution in [3.05, 3.63) is 65.2 Å². The van der Waals surface area contributed by atoms with Crippen LogP contribution in [0, 0.1) is 19.8 Å². The highest BCUT2D eigenvalue weighted by Gasteiger charge is 2.38. The highest BCUT2D eigenvalue weighted by Crippen LogP contribution is 2.29. The van der Waals surface area contributed by atoms with Crippen LogP contribution in [0.5, 0.6) is 0 Å². The van der Waals surface area contributed by atoms with Crippen molar-refractivity contribution in [2.24, 2.45) is 5.92 Å². The van der Waals surface area contributed by atoms with Crippen LogP contribution in [-0.2, 0) is 14.3 Å². The van der Waals surface area contributed by atoms with E-state index < -0.39 is 29.7 Å². The standard InChI is InChI=1S/C31H45N3O4S/c1-20(2)13-16-23(5)34(29(36)26(19-39)33-30(37)38-31(6,7)8)27(24-17-14-21(3)15-18-24)28(35)32-25-12-10-9-11-22(25)4/h9-12,14-15,17-18,20,23,26-27,39H,13,16,19H2,1-8H3,(H,32,35)(H,33,37). The van der Waals surface area contributed by atoms with E-state index in [0.29, 0.717) is 23.6 Å². The Bertz CT molecular complexity index is 1110. The highest BCUT2D eigenvalue weighted by molar-refractivity contribution is 7.80. The van der Waals surface area contributed by atoms with Gasteiger partial charge in [0.05, 0.1) is 0 Å². The minimum Gasteiger partial charge on any atom is -0.444 e. The summed E-state index contributed by atoms with van der Waals surface area (Å²) in [6, 6.07) is 12.9. The molecule has 3 unspecified atom stereocenters. The minimum atomic E-state index is -0.983. The van der Waals surface area contributed by atoms with Crippen LogP contribution in [0.25, 0.3) is 0 Å². The molecule has 3 amide bonds. The lowest BCUT2D eigenvalue weighted by atomic mass is 9.96. The molecular weight excluding hydrogens is 510 g/mol. The molecule has 39 heavy (non-hydrogen) atoms. The second-order valence-electron chi connectivity index (χ2n) is 11.6. The van der Waals surface area contributed by atoms with E-state index in [9.17, 15) is 14.4 Å². The molecule has 0 spiro atoms. The first kappa shape index (κ1) is 32.2. The molecule has 0 saturated heterocycles. The third kappa shape index (κ3) is 9.92. The number of thiol groups is 1. The largest absolute Gasteiger partial charge is 0.444 e. The maximum atomic E-state index is 14.2. The maximum Gasteiger partial charge on any atom is 0.408 e. The molecule has 7 nitrogen and oxygen atoms in total. The molecule has 2 rings (SSSR count). The zero-order valence-electron chi connectivity index (χ0n) is 24.6. The van der Waals surface area contributed by atoms with Gasteiger partial charge in [-0.25, -0.2) is 4.79 Å². The molecule has 8 heteroatoms. The number of carbonyl (C=O) groups excluding carboxylic acids is 3. The number of anilines is 1. The van der Waals surface area contributed by atoms with Crippen LogP contribution in [-0.4, -0.2) is 46.2 Å². The summed E-state index contributed by atoms with van der Waals surface area (Å²) in [5.74, 6) is -0.250. The van der Waals surface area contributed by atoms with E-state index in [4.69, 9.17) is 4.74 Å². The summed E-state index contributed by atoms with van der Waals surface area (Å²) < 4.78 is 5.40. The normalized spacial score (nSPS) is 13.8. The summed E-state index contributed by atoms with van der Waals surface area (Å²) in [6.07, 6.45) is 0.853. The first-order valence-corrected chi connectivity index (χ1v) is 14.2. The Labute approximate surface area is 239 Å². The van der Waals surface area contributed by atoms with Crippen LogP contribution in [0.1, 0.15) is 77.1 Å². The smallest absolute Gasteiger partial charge is 0.408 e. The average Bonchev–Trinajstić information content (AvgIpc) is 2.85. The molecule has 0 bridgehead atoms. The summed E-state index contributed by atoms with van der Waals surface area (Å²) in [5.41, 5.74) is 2.60. The van der Waals surface area contributed by atoms with E-state index in [2.05, 4.69) is 37.1 Å². The maximum absolute atomic E-state index is 14.2. The molecule has 214 valence electrons. The summed E-state index contributed by atoms with van der Waals surface area (Å²) >= 11 is 4.39. The van der Waals surface area contributed by atoms with Crippen molar-refractivity contribution >= 4 is 36.2 Å². The van der Waals surface area contributed by atoms with Crippen LogP contribution >= 0.6 is 12.6 Å². The number of nitrogens with one attached hydrogen (secondary N) is 2. The van der Waals surface area contributed by atoms with Gasteiger partial charge >= 0.3 is 6.09 Å². The van der Waals surface area contributed by atoms with E-state index >= 15 is 0 Å². The van der Waals surface area contributed by atoms with Crippen LogP contribution in [0.2, 0.25) is 0 Å². The number of nitrogens with zero attached hydrogens (tertiary/aromatic N) is 1. The molecule has 0 aliphatic rings. The molecule has 0 radical (unpaired) electrons. The molecule has 0 aliphatic carbocycles. The molecule has 0 heterocycles. The number of aryl methyl sites for hydroxylation is 2. The number of hydrogen-bond donors (Lipinski definition) is 3. The lowest BCUT2D eigenvalue weighted by Crippen LogP contribution is -2.55. The average molecular weight is 556 g/mol. The van der Waals surface area contributed by atoms with Crippen molar-refractivity contribution in [1.82, 2.24) is 10.2 Å². The number of amides is 3. The van der Waals surface area contributed by atoms with Gasteiger partial charge < -0.3 is 20.3 Å². The van der Waals surface area contributed by atoms with Gasteiger partial charge in [-0.3, -0.25) is 9.59 Å². The fraction of sp³-hybridized carbons (Fsp3) is 0.516. The fourth-order valence-electron chi connectivity index (χ4n) is 4.23. The zero-order valence-corrected chi connectivity index (χ0v) is 25.5. The van der Waals surface area contributed by atoms with E-state index in [1.165, 1.54) is 0 Å². The Morgan fingerprint density at radius 2 is 1.56 bits per heavy atom. The second-order valence-corrected chi connectivity index (χ2v) is 11.9. The van der Waals surface area contributed by atoms with Crippen LogP contribution in [0.15, 0.2) is 48.5 Å². The molecule has 0 fully saturated rings. The summed E-state index contributed by atoms with van der Waals surface area (Å²) in [4.78, 5) is 42.4. The van der Waals surface area contributed by atoms with Gasteiger partial charge in [-0.1, -0.05) is 61.9 Å². The van der Waals surface area contributed by atoms with E-state index in [1.807, 2.05) is 69.3 Å². The van der Waals surface area contributed by atoms with E-state index in [-0.39, 0.29) is 17.7 Å². The van der Waals surface area contributed by atoms with Crippen LogP contribution in [0.4, 0.5) is 10.5 Å². The van der Waals surface area contributed by atoms with Crippen molar-refractivity contribution in [2.45, 2.75) is 92.0 Å². The van der Waals surface area contributed by atoms with Gasteiger partial charge in [-0.05, 0) is 77.5 Å². The predicted molar refractivity (Wildman–Crippen MR) is 161 cm³/mol. The van der Waals surface area contributed by atoms with Crippen LogP contribution < -0.4 is 10.6 Å². The second kappa shape index (κ2) is 14.4. The predicted octanol–water partition coefficient (Wildman–Crippen LogP) is 6.46. The first-order valence-electron chi connectivity index (χ1n) is 13.6. The number of para-hydroxylation sites is 1. The van der Waals surface area contributed by atoms with Gasteiger partial charge in [-0.2, -0.15) is 12.6 Å². The quantitative estimate of drug-likeness (QED) is 0.278. The zero-order chi connectivity index (χ0) is 29.3. The third-order valence-electron chi connectivity index (χ3n) is 6.39. The highest BCUT2D eigenvalue weighted by atomic mass is 32.1. The molecule has 2 N–H and O–H groups in total. The SMILES string of the molecule is Cc1ccc(C(C(=O)Nc2ccccc2C)N(C(=O)C(CS)NC(=O)OC(C)(C)C)C(C)CCC(C)C)cc1. The molecule has 2 aromatic rings. The minimum absolute atomic E-state index is 0.0471. The number of benzene rings is 2. The van der Waals surface area contributed by atoms with Crippen molar-refractivity contribution in [3.63, 3.8) is 0 Å². The van der Waals surface area contributed by atoms with Crippen molar-refractivity contribution in [3.8, 4) is 0 Å². The first-order chi connectivity index (χ1) is 18.2. The molecule has 0 aromatic heterocycles. The topological polar surface area (TPSA) is 87.7 Å². The molecule has 0 saturated carbocycles. The van der Waals surface area contributed by atoms with Gasteiger partial charge in [0.25, 0.3) is 5.91 Å². The Kier molecular flexibility index (Phi) is 11.9. The number of alkyl carbamates (subject to hydrolysis) is 1. The number of carbonyl (C=O) groups is 3. The van der Waals surface area contributed by atoms with Crippen molar-refractivity contribution in [2.75, 3.05) is 11.1 Å². The number of ether oxygens (including phenoxy) is 1.